The van der Waals surface area contributed by atoms with Gasteiger partial charge in [0.1, 0.15) is 0 Å². The van der Waals surface area contributed by atoms with E-state index in [4.69, 9.17) is 9.47 Å². The molecule has 0 aliphatic rings. The Morgan fingerprint density at radius 1 is 1.15 bits per heavy atom. The van der Waals surface area contributed by atoms with E-state index >= 15 is 0 Å². The van der Waals surface area contributed by atoms with Crippen molar-refractivity contribution in [2.45, 2.75) is 39.3 Å². The number of aliphatic hydroxyl groups excluding tert-OH is 1. The molecular weight excluding hydrogens is 254 g/mol. The Morgan fingerprint density at radius 2 is 1.85 bits per heavy atom. The molecule has 0 saturated heterocycles. The minimum atomic E-state index is -0.262. The molecule has 1 atom stereocenters. The van der Waals surface area contributed by atoms with E-state index in [-0.39, 0.29) is 6.10 Å². The van der Waals surface area contributed by atoms with Crippen LogP contribution >= 0.6 is 0 Å². The first-order valence-corrected chi connectivity index (χ1v) is 7.25. The van der Waals surface area contributed by atoms with Crippen LogP contribution in [0.15, 0.2) is 18.2 Å². The minimum absolute atomic E-state index is 0.262. The maximum atomic E-state index is 9.83. The van der Waals surface area contributed by atoms with Crippen LogP contribution in [0, 0.1) is 0 Å². The van der Waals surface area contributed by atoms with Gasteiger partial charge in [-0.2, -0.15) is 0 Å². The van der Waals surface area contributed by atoms with Gasteiger partial charge in [0.25, 0.3) is 0 Å². The largest absolute Gasteiger partial charge is 0.493 e. The molecule has 1 N–H and O–H groups in total. The van der Waals surface area contributed by atoms with Crippen LogP contribution in [-0.2, 0) is 6.54 Å². The zero-order chi connectivity index (χ0) is 15.0. The monoisotopic (exact) mass is 281 g/mol. The molecule has 0 saturated carbocycles. The third-order valence-corrected chi connectivity index (χ3v) is 3.33. The summed E-state index contributed by atoms with van der Waals surface area (Å²) in [5.74, 6) is 1.49. The van der Waals surface area contributed by atoms with Crippen molar-refractivity contribution in [3.8, 4) is 11.5 Å². The lowest BCUT2D eigenvalue weighted by Gasteiger charge is -2.24. The molecule has 0 heterocycles. The van der Waals surface area contributed by atoms with Gasteiger partial charge in [0, 0.05) is 13.1 Å². The van der Waals surface area contributed by atoms with Crippen LogP contribution in [0.5, 0.6) is 11.5 Å². The van der Waals surface area contributed by atoms with Gasteiger partial charge in [-0.3, -0.25) is 4.90 Å². The molecule has 1 aromatic rings. The van der Waals surface area contributed by atoms with Gasteiger partial charge in [0.05, 0.1) is 20.3 Å². The van der Waals surface area contributed by atoms with E-state index in [9.17, 15) is 5.11 Å². The van der Waals surface area contributed by atoms with Crippen molar-refractivity contribution >= 4 is 0 Å². The van der Waals surface area contributed by atoms with Crippen LogP contribution in [0.4, 0.5) is 0 Å². The predicted octanol–water partition coefficient (Wildman–Crippen LogP) is 2.69. The molecule has 4 nitrogen and oxygen atoms in total. The molecule has 0 radical (unpaired) electrons. The van der Waals surface area contributed by atoms with Crippen molar-refractivity contribution in [1.29, 1.82) is 0 Å². The van der Waals surface area contributed by atoms with Crippen molar-refractivity contribution < 1.29 is 14.6 Å². The van der Waals surface area contributed by atoms with Crippen LogP contribution in [0.3, 0.4) is 0 Å². The van der Waals surface area contributed by atoms with E-state index in [0.717, 1.165) is 37.4 Å². The van der Waals surface area contributed by atoms with Crippen molar-refractivity contribution in [3.63, 3.8) is 0 Å². The molecule has 0 aliphatic heterocycles. The summed E-state index contributed by atoms with van der Waals surface area (Å²) in [4.78, 5) is 2.27. The number of methoxy groups -OCH3 is 2. The number of benzene rings is 1. The summed E-state index contributed by atoms with van der Waals surface area (Å²) in [5, 5.41) is 9.83. The summed E-state index contributed by atoms with van der Waals surface area (Å²) in [6, 6.07) is 5.97. The number of ether oxygens (including phenoxy) is 2. The van der Waals surface area contributed by atoms with E-state index in [1.165, 1.54) is 5.56 Å². The Hall–Kier alpha value is -1.26. The first-order valence-electron chi connectivity index (χ1n) is 7.25. The lowest BCUT2D eigenvalue weighted by Crippen LogP contribution is -2.32. The van der Waals surface area contributed by atoms with Gasteiger partial charge < -0.3 is 14.6 Å². The molecule has 1 rings (SSSR count). The summed E-state index contributed by atoms with van der Waals surface area (Å²) in [6.07, 6.45) is 1.59. The van der Waals surface area contributed by atoms with Crippen LogP contribution in [-0.4, -0.2) is 43.4 Å². The Morgan fingerprint density at radius 3 is 2.40 bits per heavy atom. The van der Waals surface area contributed by atoms with Crippen LogP contribution in [0.1, 0.15) is 32.3 Å². The number of aliphatic hydroxyl groups is 1. The maximum Gasteiger partial charge on any atom is 0.161 e. The van der Waals surface area contributed by atoms with Crippen LogP contribution in [0.2, 0.25) is 0 Å². The van der Waals surface area contributed by atoms with Crippen molar-refractivity contribution in [1.82, 2.24) is 4.90 Å². The van der Waals surface area contributed by atoms with E-state index in [2.05, 4.69) is 11.8 Å². The second kappa shape index (κ2) is 8.82. The Balaban J connectivity index is 2.77. The average Bonchev–Trinajstić information content (AvgIpc) is 2.47. The minimum Gasteiger partial charge on any atom is -0.493 e. The summed E-state index contributed by atoms with van der Waals surface area (Å²) >= 11 is 0. The fourth-order valence-corrected chi connectivity index (χ4v) is 2.22. The highest BCUT2D eigenvalue weighted by molar-refractivity contribution is 5.42. The van der Waals surface area contributed by atoms with Gasteiger partial charge in [0.15, 0.2) is 11.5 Å². The number of hydrogen-bond acceptors (Lipinski definition) is 4. The van der Waals surface area contributed by atoms with Gasteiger partial charge in [-0.05, 0) is 37.1 Å². The summed E-state index contributed by atoms with van der Waals surface area (Å²) in [5.41, 5.74) is 1.17. The molecule has 0 unspecified atom stereocenters. The Kier molecular flexibility index (Phi) is 7.41. The third kappa shape index (κ3) is 5.02. The number of rotatable bonds is 9. The molecular formula is C16H27NO3. The SMILES string of the molecule is CCCN(Cc1ccc(OC)c(OC)c1)C[C@@H](O)CC. The summed E-state index contributed by atoms with van der Waals surface area (Å²) < 4.78 is 10.6. The van der Waals surface area contributed by atoms with Gasteiger partial charge in [-0.25, -0.2) is 0 Å². The van der Waals surface area contributed by atoms with E-state index < -0.39 is 0 Å². The fraction of sp³-hybridized carbons (Fsp3) is 0.625. The number of nitrogens with zero attached hydrogens (tertiary/aromatic N) is 1. The molecule has 0 fully saturated rings. The van der Waals surface area contributed by atoms with Gasteiger partial charge in [0.2, 0.25) is 0 Å². The van der Waals surface area contributed by atoms with E-state index in [1.54, 1.807) is 14.2 Å². The molecule has 0 bridgehead atoms. The number of hydrogen-bond donors (Lipinski definition) is 1. The third-order valence-electron chi connectivity index (χ3n) is 3.33. The topological polar surface area (TPSA) is 41.9 Å². The highest BCUT2D eigenvalue weighted by atomic mass is 16.5. The standard InChI is InChI=1S/C16H27NO3/c1-5-9-17(12-14(18)6-2)11-13-7-8-15(19-3)16(10-13)20-4/h7-8,10,14,18H,5-6,9,11-12H2,1-4H3/t14-/m0/s1. The van der Waals surface area contributed by atoms with Crippen molar-refractivity contribution in [2.24, 2.45) is 0 Å². The van der Waals surface area contributed by atoms with Crippen molar-refractivity contribution in [2.75, 3.05) is 27.3 Å². The summed E-state index contributed by atoms with van der Waals surface area (Å²) in [6.45, 7) is 6.65. The quantitative estimate of drug-likeness (QED) is 0.755. The Bertz CT molecular complexity index is 395. The second-order valence-corrected chi connectivity index (χ2v) is 4.99. The van der Waals surface area contributed by atoms with Crippen molar-refractivity contribution in [3.05, 3.63) is 23.8 Å². The van der Waals surface area contributed by atoms with E-state index in [1.807, 2.05) is 25.1 Å². The molecule has 0 aromatic heterocycles. The lowest BCUT2D eigenvalue weighted by molar-refractivity contribution is 0.105. The van der Waals surface area contributed by atoms with Crippen LogP contribution < -0.4 is 9.47 Å². The van der Waals surface area contributed by atoms with E-state index in [0.29, 0.717) is 6.54 Å². The lowest BCUT2D eigenvalue weighted by atomic mass is 10.1. The molecule has 114 valence electrons. The maximum absolute atomic E-state index is 9.83. The van der Waals surface area contributed by atoms with Gasteiger partial charge >= 0.3 is 0 Å². The average molecular weight is 281 g/mol. The highest BCUT2D eigenvalue weighted by Gasteiger charge is 2.12. The zero-order valence-corrected chi connectivity index (χ0v) is 13.1. The normalized spacial score (nSPS) is 12.5. The molecule has 0 spiro atoms. The van der Waals surface area contributed by atoms with Gasteiger partial charge in [-0.1, -0.05) is 19.9 Å². The molecule has 4 heteroatoms. The molecule has 0 aliphatic carbocycles. The molecule has 20 heavy (non-hydrogen) atoms. The smallest absolute Gasteiger partial charge is 0.161 e. The fourth-order valence-electron chi connectivity index (χ4n) is 2.22. The first kappa shape index (κ1) is 16.8. The zero-order valence-electron chi connectivity index (χ0n) is 13.1. The second-order valence-electron chi connectivity index (χ2n) is 4.99. The predicted molar refractivity (Wildman–Crippen MR) is 81.4 cm³/mol. The van der Waals surface area contributed by atoms with Gasteiger partial charge in [-0.15, -0.1) is 0 Å². The molecule has 1 aromatic carbocycles. The molecule has 0 amide bonds. The first-order chi connectivity index (χ1) is 9.64. The summed E-state index contributed by atoms with van der Waals surface area (Å²) in [7, 11) is 3.28. The Labute approximate surface area is 122 Å². The van der Waals surface area contributed by atoms with Crippen LogP contribution in [0.25, 0.3) is 0 Å². The highest BCUT2D eigenvalue weighted by Crippen LogP contribution is 2.28.